The minimum absolute atomic E-state index is 0.0118. The van der Waals surface area contributed by atoms with Crippen LogP contribution >= 0.6 is 0 Å². The molecule has 0 saturated carbocycles. The molecule has 0 aliphatic carbocycles. The van der Waals surface area contributed by atoms with Crippen molar-refractivity contribution in [2.24, 2.45) is 0 Å². The summed E-state index contributed by atoms with van der Waals surface area (Å²) in [7, 11) is 1.44. The van der Waals surface area contributed by atoms with Gasteiger partial charge in [0.15, 0.2) is 0 Å². The Balaban J connectivity index is 1.84. The van der Waals surface area contributed by atoms with Gasteiger partial charge in [0.1, 0.15) is 29.8 Å². The summed E-state index contributed by atoms with van der Waals surface area (Å²) in [5.74, 6) is -0.0672. The third-order valence-electron chi connectivity index (χ3n) is 4.03. The lowest BCUT2D eigenvalue weighted by Gasteiger charge is -2.23. The quantitative estimate of drug-likeness (QED) is 0.633. The molecule has 7 nitrogen and oxygen atoms in total. The van der Waals surface area contributed by atoms with Crippen molar-refractivity contribution in [1.82, 2.24) is 10.6 Å². The first-order valence-electron chi connectivity index (χ1n) is 9.88. The van der Waals surface area contributed by atoms with Gasteiger partial charge < -0.3 is 24.8 Å². The average molecular weight is 432 g/mol. The number of benzene rings is 2. The zero-order chi connectivity index (χ0) is 22.9. The lowest BCUT2D eigenvalue weighted by Crippen LogP contribution is -2.50. The van der Waals surface area contributed by atoms with Crippen molar-refractivity contribution < 1.29 is 28.2 Å². The van der Waals surface area contributed by atoms with Crippen LogP contribution in [-0.2, 0) is 27.4 Å². The Bertz CT molecular complexity index is 865. The molecule has 2 amide bonds. The summed E-state index contributed by atoms with van der Waals surface area (Å²) >= 11 is 0. The largest absolute Gasteiger partial charge is 0.489 e. The average Bonchev–Trinajstić information content (AvgIpc) is 2.69. The summed E-state index contributed by atoms with van der Waals surface area (Å²) in [6.45, 7) is 5.75. The predicted octanol–water partition coefficient (Wildman–Crippen LogP) is 3.56. The summed E-state index contributed by atoms with van der Waals surface area (Å²) in [5.41, 5.74) is 0.911. The molecular weight excluding hydrogens is 403 g/mol. The lowest BCUT2D eigenvalue weighted by molar-refractivity contribution is -0.124. The van der Waals surface area contributed by atoms with E-state index in [-0.39, 0.29) is 31.5 Å². The van der Waals surface area contributed by atoms with Crippen LogP contribution in [0.5, 0.6) is 5.75 Å². The maximum absolute atomic E-state index is 13.2. The normalized spacial score (nSPS) is 12.0. The Morgan fingerprint density at radius 2 is 1.77 bits per heavy atom. The van der Waals surface area contributed by atoms with Crippen molar-refractivity contribution in [2.75, 3.05) is 13.7 Å². The predicted molar refractivity (Wildman–Crippen MR) is 114 cm³/mol. The second kappa shape index (κ2) is 11.3. The summed E-state index contributed by atoms with van der Waals surface area (Å²) in [6.07, 6.45) is -0.690. The number of methoxy groups -OCH3 is 1. The zero-order valence-corrected chi connectivity index (χ0v) is 18.2. The van der Waals surface area contributed by atoms with E-state index in [1.54, 1.807) is 45.0 Å². The first kappa shape index (κ1) is 24.1. The summed E-state index contributed by atoms with van der Waals surface area (Å²) in [6, 6.07) is 12.5. The van der Waals surface area contributed by atoms with Crippen LogP contribution in [0.25, 0.3) is 0 Å². The highest BCUT2D eigenvalue weighted by Gasteiger charge is 2.24. The summed E-state index contributed by atoms with van der Waals surface area (Å²) in [5, 5.41) is 5.27. The van der Waals surface area contributed by atoms with E-state index in [1.807, 2.05) is 12.1 Å². The Morgan fingerprint density at radius 1 is 1.06 bits per heavy atom. The van der Waals surface area contributed by atoms with Crippen LogP contribution in [0.2, 0.25) is 0 Å². The van der Waals surface area contributed by atoms with E-state index in [0.29, 0.717) is 5.75 Å². The lowest BCUT2D eigenvalue weighted by atomic mass is 10.2. The van der Waals surface area contributed by atoms with E-state index in [1.165, 1.54) is 19.2 Å². The second-order valence-corrected chi connectivity index (χ2v) is 7.93. The third kappa shape index (κ3) is 9.04. The fraction of sp³-hybridized carbons (Fsp3) is 0.391. The Morgan fingerprint density at radius 3 is 2.39 bits per heavy atom. The van der Waals surface area contributed by atoms with Crippen LogP contribution < -0.4 is 15.4 Å². The summed E-state index contributed by atoms with van der Waals surface area (Å²) in [4.78, 5) is 24.4. The number of nitrogens with one attached hydrogen (secondary N) is 2. The molecule has 2 aromatic carbocycles. The molecular formula is C23H29FN2O5. The van der Waals surface area contributed by atoms with Gasteiger partial charge in [-0.1, -0.05) is 24.3 Å². The number of ether oxygens (including phenoxy) is 3. The van der Waals surface area contributed by atoms with Gasteiger partial charge in [-0.2, -0.15) is 0 Å². The maximum Gasteiger partial charge on any atom is 0.408 e. The molecule has 0 heterocycles. The number of hydrogen-bond acceptors (Lipinski definition) is 5. The zero-order valence-electron chi connectivity index (χ0n) is 18.2. The van der Waals surface area contributed by atoms with Crippen LogP contribution in [0.15, 0.2) is 48.5 Å². The van der Waals surface area contributed by atoms with Crippen LogP contribution in [0.1, 0.15) is 31.9 Å². The van der Waals surface area contributed by atoms with E-state index in [9.17, 15) is 14.0 Å². The molecule has 0 fully saturated rings. The number of hydrogen-bond donors (Lipinski definition) is 2. The Hall–Kier alpha value is -3.13. The maximum atomic E-state index is 13.2. The fourth-order valence-electron chi connectivity index (χ4n) is 2.61. The van der Waals surface area contributed by atoms with Gasteiger partial charge in [0, 0.05) is 13.7 Å². The van der Waals surface area contributed by atoms with Crippen molar-refractivity contribution in [3.8, 4) is 5.75 Å². The molecule has 1 unspecified atom stereocenters. The van der Waals surface area contributed by atoms with Gasteiger partial charge in [0.05, 0.1) is 6.61 Å². The molecule has 2 rings (SSSR count). The van der Waals surface area contributed by atoms with Gasteiger partial charge >= 0.3 is 6.09 Å². The molecule has 2 N–H and O–H groups in total. The molecule has 0 radical (unpaired) electrons. The van der Waals surface area contributed by atoms with E-state index >= 15 is 0 Å². The number of carbonyl (C=O) groups excluding carboxylic acids is 2. The highest BCUT2D eigenvalue weighted by Crippen LogP contribution is 2.15. The molecule has 8 heteroatoms. The molecule has 168 valence electrons. The molecule has 0 aliphatic heterocycles. The van der Waals surface area contributed by atoms with Crippen molar-refractivity contribution in [3.63, 3.8) is 0 Å². The molecule has 2 aromatic rings. The number of rotatable bonds is 9. The van der Waals surface area contributed by atoms with E-state index in [4.69, 9.17) is 14.2 Å². The Kier molecular flexibility index (Phi) is 8.81. The van der Waals surface area contributed by atoms with E-state index < -0.39 is 17.7 Å². The topological polar surface area (TPSA) is 85.9 Å². The van der Waals surface area contributed by atoms with E-state index in [0.717, 1.165) is 11.1 Å². The standard InChI is InChI=1S/C23H29FN2O5/c1-23(2,3)31-22(28)26-20(15-29-4)21(27)25-13-16-8-10-19(11-9-16)30-14-17-6-5-7-18(24)12-17/h5-12,20H,13-15H2,1-4H3,(H,25,27)(H,26,28). The highest BCUT2D eigenvalue weighted by molar-refractivity contribution is 5.85. The van der Waals surface area contributed by atoms with Crippen LogP contribution in [0, 0.1) is 5.82 Å². The minimum Gasteiger partial charge on any atom is -0.489 e. The van der Waals surface area contributed by atoms with Crippen LogP contribution in [0.3, 0.4) is 0 Å². The van der Waals surface area contributed by atoms with Gasteiger partial charge in [-0.25, -0.2) is 9.18 Å². The number of halogens is 1. The second-order valence-electron chi connectivity index (χ2n) is 7.93. The van der Waals surface area contributed by atoms with Gasteiger partial charge in [0.25, 0.3) is 0 Å². The number of amides is 2. The molecule has 1 atom stereocenters. The Labute approximate surface area is 181 Å². The summed E-state index contributed by atoms with van der Waals surface area (Å²) < 4.78 is 29.1. The fourth-order valence-corrected chi connectivity index (χ4v) is 2.61. The van der Waals surface area contributed by atoms with E-state index in [2.05, 4.69) is 10.6 Å². The van der Waals surface area contributed by atoms with Crippen molar-refractivity contribution in [3.05, 3.63) is 65.5 Å². The third-order valence-corrected chi connectivity index (χ3v) is 4.03. The highest BCUT2D eigenvalue weighted by atomic mass is 19.1. The molecule has 0 saturated heterocycles. The SMILES string of the molecule is COCC(NC(=O)OC(C)(C)C)C(=O)NCc1ccc(OCc2cccc(F)c2)cc1. The molecule has 0 bridgehead atoms. The first-order chi connectivity index (χ1) is 14.7. The number of alkyl carbamates (subject to hydrolysis) is 1. The van der Waals surface area contributed by atoms with Crippen LogP contribution in [-0.4, -0.2) is 37.4 Å². The number of carbonyl (C=O) groups is 2. The molecule has 31 heavy (non-hydrogen) atoms. The van der Waals surface area contributed by atoms with Gasteiger partial charge in [-0.3, -0.25) is 4.79 Å². The molecule has 0 aliphatic rings. The van der Waals surface area contributed by atoms with Gasteiger partial charge in [-0.15, -0.1) is 0 Å². The monoisotopic (exact) mass is 432 g/mol. The molecule has 0 spiro atoms. The minimum atomic E-state index is -0.881. The van der Waals surface area contributed by atoms with Crippen molar-refractivity contribution in [1.29, 1.82) is 0 Å². The van der Waals surface area contributed by atoms with Gasteiger partial charge in [0.2, 0.25) is 5.91 Å². The van der Waals surface area contributed by atoms with Crippen molar-refractivity contribution >= 4 is 12.0 Å². The smallest absolute Gasteiger partial charge is 0.408 e. The van der Waals surface area contributed by atoms with Crippen LogP contribution in [0.4, 0.5) is 9.18 Å². The van der Waals surface area contributed by atoms with Gasteiger partial charge in [-0.05, 0) is 56.2 Å². The molecule has 0 aromatic heterocycles. The van der Waals surface area contributed by atoms with Crippen molar-refractivity contribution in [2.45, 2.75) is 45.6 Å². The first-order valence-corrected chi connectivity index (χ1v) is 9.88.